The summed E-state index contributed by atoms with van der Waals surface area (Å²) in [5.74, 6) is 0. The summed E-state index contributed by atoms with van der Waals surface area (Å²) in [4.78, 5) is 6.83. The second-order valence-corrected chi connectivity index (χ2v) is 9.56. The third-order valence-electron chi connectivity index (χ3n) is 6.00. The molecule has 0 saturated heterocycles. The van der Waals surface area contributed by atoms with Crippen molar-refractivity contribution in [2.75, 3.05) is 0 Å². The summed E-state index contributed by atoms with van der Waals surface area (Å²) in [6.45, 7) is 13.8. The van der Waals surface area contributed by atoms with E-state index in [4.69, 9.17) is 0 Å². The maximum Gasteiger partial charge on any atom is 0.0489 e. The Bertz CT molecular complexity index is 1120. The van der Waals surface area contributed by atoms with Gasteiger partial charge in [0.25, 0.3) is 0 Å². The van der Waals surface area contributed by atoms with Gasteiger partial charge in [0.15, 0.2) is 0 Å². The van der Waals surface area contributed by atoms with Gasteiger partial charge in [0.2, 0.25) is 0 Å². The van der Waals surface area contributed by atoms with Crippen LogP contribution in [0.25, 0.3) is 21.8 Å². The molecule has 0 radical (unpaired) electrons. The van der Waals surface area contributed by atoms with Gasteiger partial charge in [0.05, 0.1) is 0 Å². The van der Waals surface area contributed by atoms with Gasteiger partial charge in [-0.05, 0) is 70.0 Å². The first-order valence-corrected chi connectivity index (χ1v) is 9.84. The Hall–Kier alpha value is -2.48. The number of rotatable bonds is 3. The minimum Gasteiger partial charge on any atom is -0.361 e. The highest BCUT2D eigenvalue weighted by Gasteiger charge is 2.24. The predicted octanol–water partition coefficient (Wildman–Crippen LogP) is 6.78. The number of hydrogen-bond acceptors (Lipinski definition) is 0. The summed E-state index contributed by atoms with van der Waals surface area (Å²) in [5, 5.41) is 2.64. The fourth-order valence-electron chi connectivity index (χ4n) is 4.25. The number of hydrogen-bond donors (Lipinski definition) is 2. The average molecular weight is 359 g/mol. The van der Waals surface area contributed by atoms with Crippen molar-refractivity contribution in [2.24, 2.45) is 0 Å². The summed E-state index contributed by atoms with van der Waals surface area (Å²) >= 11 is 0. The first-order valence-electron chi connectivity index (χ1n) is 9.84. The molecule has 0 saturated carbocycles. The van der Waals surface area contributed by atoms with E-state index in [0.29, 0.717) is 0 Å². The van der Waals surface area contributed by atoms with E-state index in [1.807, 2.05) is 6.20 Å². The minimum absolute atomic E-state index is 0.0728. The molecule has 0 unspecified atom stereocenters. The van der Waals surface area contributed by atoms with Crippen LogP contribution in [0.4, 0.5) is 0 Å². The van der Waals surface area contributed by atoms with Crippen molar-refractivity contribution in [3.05, 3.63) is 71.0 Å². The molecule has 2 nitrogen and oxygen atoms in total. The van der Waals surface area contributed by atoms with Gasteiger partial charge in [-0.3, -0.25) is 0 Å². The van der Waals surface area contributed by atoms with E-state index in [1.54, 1.807) is 0 Å². The van der Waals surface area contributed by atoms with E-state index in [2.05, 4.69) is 94.1 Å². The molecule has 0 aliphatic carbocycles. The Balaban J connectivity index is 1.72. The van der Waals surface area contributed by atoms with Crippen molar-refractivity contribution in [3.8, 4) is 0 Å². The molecular weight excluding hydrogens is 328 g/mol. The number of aryl methyl sites for hydroxylation is 1. The second kappa shape index (κ2) is 6.02. The standard InChI is InChI=1S/C25H30N2/c1-16-18(7-9-20-21(24(2,3)4)15-27-23(16)20)14-25(5,6)19-8-10-22-17(13-19)11-12-26-22/h7-13,15,26-27H,14H2,1-6H3. The van der Waals surface area contributed by atoms with Gasteiger partial charge in [-0.1, -0.05) is 52.8 Å². The molecule has 2 heterocycles. The van der Waals surface area contributed by atoms with Gasteiger partial charge in [0.1, 0.15) is 0 Å². The monoisotopic (exact) mass is 358 g/mol. The van der Waals surface area contributed by atoms with Gasteiger partial charge in [0, 0.05) is 28.8 Å². The zero-order valence-electron chi connectivity index (χ0n) is 17.3. The molecule has 4 aromatic rings. The van der Waals surface area contributed by atoms with Crippen LogP contribution in [-0.2, 0) is 17.3 Å². The Morgan fingerprint density at radius 1 is 0.889 bits per heavy atom. The molecule has 0 aliphatic rings. The van der Waals surface area contributed by atoms with Crippen molar-refractivity contribution in [2.45, 2.75) is 58.8 Å². The van der Waals surface area contributed by atoms with Gasteiger partial charge >= 0.3 is 0 Å². The summed E-state index contributed by atoms with van der Waals surface area (Å²) in [7, 11) is 0. The zero-order chi connectivity index (χ0) is 19.4. The second-order valence-electron chi connectivity index (χ2n) is 9.56. The smallest absolute Gasteiger partial charge is 0.0489 e. The third-order valence-corrected chi connectivity index (χ3v) is 6.00. The van der Waals surface area contributed by atoms with E-state index < -0.39 is 0 Å². The largest absolute Gasteiger partial charge is 0.361 e. The highest BCUT2D eigenvalue weighted by molar-refractivity contribution is 5.88. The maximum absolute atomic E-state index is 3.55. The highest BCUT2D eigenvalue weighted by atomic mass is 14.7. The number of H-pyrrole nitrogens is 2. The Labute approximate surface area is 162 Å². The van der Waals surface area contributed by atoms with E-state index >= 15 is 0 Å². The highest BCUT2D eigenvalue weighted by Crippen LogP contribution is 2.35. The lowest BCUT2D eigenvalue weighted by molar-refractivity contribution is 0.522. The molecule has 0 atom stereocenters. The van der Waals surface area contributed by atoms with Crippen LogP contribution < -0.4 is 0 Å². The normalized spacial score (nSPS) is 13.0. The maximum atomic E-state index is 3.55. The Morgan fingerprint density at radius 2 is 1.67 bits per heavy atom. The zero-order valence-corrected chi connectivity index (χ0v) is 17.3. The van der Waals surface area contributed by atoms with E-state index in [1.165, 1.54) is 44.1 Å². The van der Waals surface area contributed by atoms with Crippen molar-refractivity contribution < 1.29 is 0 Å². The summed E-state index contributed by atoms with van der Waals surface area (Å²) in [5.41, 5.74) is 8.28. The molecule has 0 fully saturated rings. The van der Waals surface area contributed by atoms with Gasteiger partial charge in [-0.25, -0.2) is 0 Å². The van der Waals surface area contributed by atoms with Crippen LogP contribution in [0.5, 0.6) is 0 Å². The fraction of sp³-hybridized carbons (Fsp3) is 0.360. The quantitative estimate of drug-likeness (QED) is 0.405. The van der Waals surface area contributed by atoms with Crippen LogP contribution in [0.3, 0.4) is 0 Å². The van der Waals surface area contributed by atoms with Crippen LogP contribution >= 0.6 is 0 Å². The molecule has 0 spiro atoms. The van der Waals surface area contributed by atoms with Gasteiger partial charge in [-0.2, -0.15) is 0 Å². The molecule has 4 rings (SSSR count). The molecule has 0 bridgehead atoms. The summed E-state index contributed by atoms with van der Waals surface area (Å²) in [6, 6.07) is 13.6. The molecule has 27 heavy (non-hydrogen) atoms. The first-order chi connectivity index (χ1) is 12.7. The number of benzene rings is 2. The SMILES string of the molecule is Cc1c(CC(C)(C)c2ccc3[nH]ccc3c2)ccc2c(C(C)(C)C)c[nH]c12. The number of aromatic amines is 2. The van der Waals surface area contributed by atoms with Crippen LogP contribution in [0.1, 0.15) is 56.9 Å². The number of aromatic nitrogens is 2. The topological polar surface area (TPSA) is 31.6 Å². The van der Waals surface area contributed by atoms with Crippen molar-refractivity contribution in [3.63, 3.8) is 0 Å². The molecule has 2 aromatic carbocycles. The number of nitrogens with one attached hydrogen (secondary N) is 2. The van der Waals surface area contributed by atoms with Crippen molar-refractivity contribution in [1.82, 2.24) is 9.97 Å². The van der Waals surface area contributed by atoms with Crippen molar-refractivity contribution >= 4 is 21.8 Å². The van der Waals surface area contributed by atoms with Crippen LogP contribution in [-0.4, -0.2) is 9.97 Å². The first kappa shape index (κ1) is 17.9. The van der Waals surface area contributed by atoms with E-state index in [-0.39, 0.29) is 10.8 Å². The van der Waals surface area contributed by atoms with E-state index in [9.17, 15) is 0 Å². The van der Waals surface area contributed by atoms with E-state index in [0.717, 1.165) is 6.42 Å². The third kappa shape index (κ3) is 3.07. The van der Waals surface area contributed by atoms with Crippen LogP contribution in [0, 0.1) is 6.92 Å². The Kier molecular flexibility index (Phi) is 3.99. The van der Waals surface area contributed by atoms with Gasteiger partial charge in [-0.15, -0.1) is 0 Å². The lowest BCUT2D eigenvalue weighted by Gasteiger charge is -2.27. The molecule has 2 aromatic heterocycles. The molecule has 2 heteroatoms. The van der Waals surface area contributed by atoms with Gasteiger partial charge < -0.3 is 9.97 Å². The molecule has 0 amide bonds. The lowest BCUT2D eigenvalue weighted by atomic mass is 9.77. The Morgan fingerprint density at radius 3 is 2.41 bits per heavy atom. The van der Waals surface area contributed by atoms with Crippen molar-refractivity contribution in [1.29, 1.82) is 0 Å². The van der Waals surface area contributed by atoms with Crippen LogP contribution in [0.2, 0.25) is 0 Å². The molecule has 2 N–H and O–H groups in total. The predicted molar refractivity (Wildman–Crippen MR) is 117 cm³/mol. The minimum atomic E-state index is 0.0728. The lowest BCUT2D eigenvalue weighted by Crippen LogP contribution is -2.21. The average Bonchev–Trinajstić information content (AvgIpc) is 3.22. The number of fused-ring (bicyclic) bond motifs is 2. The molecule has 0 aliphatic heterocycles. The summed E-state index contributed by atoms with van der Waals surface area (Å²) < 4.78 is 0. The fourth-order valence-corrected chi connectivity index (χ4v) is 4.25. The van der Waals surface area contributed by atoms with Crippen LogP contribution in [0.15, 0.2) is 48.8 Å². The molecule has 140 valence electrons. The molecular formula is C25H30N2. The summed E-state index contributed by atoms with van der Waals surface area (Å²) in [6.07, 6.45) is 5.22.